The molecule has 3 N–H and O–H groups in total. The van der Waals surface area contributed by atoms with E-state index < -0.39 is 30.1 Å². The maximum absolute atomic E-state index is 12.3. The minimum absolute atomic E-state index is 0.0792. The number of amides is 2. The number of hydrogen-bond donors (Lipinski definition) is 3. The van der Waals surface area contributed by atoms with E-state index in [2.05, 4.69) is 10.6 Å². The van der Waals surface area contributed by atoms with Crippen LogP contribution in [0, 0.1) is 0 Å². The van der Waals surface area contributed by atoms with Crippen molar-refractivity contribution in [1.82, 2.24) is 10.6 Å². The van der Waals surface area contributed by atoms with Crippen molar-refractivity contribution < 1.29 is 29.0 Å². The van der Waals surface area contributed by atoms with Crippen molar-refractivity contribution in [2.24, 2.45) is 0 Å². The summed E-state index contributed by atoms with van der Waals surface area (Å²) in [6.45, 7) is 2.36. The largest absolute Gasteiger partial charge is 0.480 e. The molecule has 0 aliphatic heterocycles. The van der Waals surface area contributed by atoms with E-state index in [0.29, 0.717) is 0 Å². The van der Waals surface area contributed by atoms with Crippen LogP contribution in [0.25, 0.3) is 11.1 Å². The Kier molecular flexibility index (Phi) is 6.37. The molecule has 0 spiro atoms. The average Bonchev–Trinajstić information content (AvgIpc) is 3.03. The van der Waals surface area contributed by atoms with E-state index in [0.717, 1.165) is 22.3 Å². The Morgan fingerprint density at radius 2 is 1.57 bits per heavy atom. The number of nitrogens with one attached hydrogen (secondary N) is 2. The second-order valence-corrected chi connectivity index (χ2v) is 7.47. The molecule has 0 saturated heterocycles. The molecule has 0 bridgehead atoms. The summed E-state index contributed by atoms with van der Waals surface area (Å²) in [5.41, 5.74) is 3.18. The summed E-state index contributed by atoms with van der Waals surface area (Å²) >= 11 is 0. The molecule has 30 heavy (non-hydrogen) atoms. The van der Waals surface area contributed by atoms with Crippen molar-refractivity contribution in [3.8, 4) is 11.1 Å². The third kappa shape index (κ3) is 4.77. The summed E-state index contributed by atoms with van der Waals surface area (Å²) in [5.74, 6) is -1.74. The van der Waals surface area contributed by atoms with Gasteiger partial charge in [-0.15, -0.1) is 0 Å². The molecule has 0 atom stereocenters. The normalized spacial score (nSPS) is 12.6. The quantitative estimate of drug-likeness (QED) is 0.453. The summed E-state index contributed by atoms with van der Waals surface area (Å²) in [4.78, 5) is 35.0. The third-order valence-electron chi connectivity index (χ3n) is 4.89. The molecule has 1 aliphatic carbocycles. The van der Waals surface area contributed by atoms with Crippen LogP contribution in [0.3, 0.4) is 0 Å². The van der Waals surface area contributed by atoms with Crippen molar-refractivity contribution in [2.75, 3.05) is 19.9 Å². The molecule has 8 heteroatoms. The van der Waals surface area contributed by atoms with Crippen molar-refractivity contribution in [2.45, 2.75) is 25.3 Å². The van der Waals surface area contributed by atoms with E-state index in [1.165, 1.54) is 13.8 Å². The predicted molar refractivity (Wildman–Crippen MR) is 109 cm³/mol. The van der Waals surface area contributed by atoms with Crippen molar-refractivity contribution in [3.05, 3.63) is 59.7 Å². The molecule has 8 nitrogen and oxygen atoms in total. The molecule has 2 amide bonds. The molecule has 2 aromatic rings. The molecule has 2 aromatic carbocycles. The van der Waals surface area contributed by atoms with Crippen LogP contribution >= 0.6 is 0 Å². The van der Waals surface area contributed by atoms with Gasteiger partial charge in [0, 0.05) is 5.92 Å². The van der Waals surface area contributed by atoms with Gasteiger partial charge in [-0.05, 0) is 36.1 Å². The first kappa shape index (κ1) is 21.3. The van der Waals surface area contributed by atoms with Gasteiger partial charge in [-0.25, -0.2) is 9.59 Å². The third-order valence-corrected chi connectivity index (χ3v) is 4.89. The van der Waals surface area contributed by atoms with Crippen LogP contribution < -0.4 is 10.6 Å². The van der Waals surface area contributed by atoms with Gasteiger partial charge in [-0.1, -0.05) is 48.5 Å². The lowest BCUT2D eigenvalue weighted by Gasteiger charge is -2.25. The molecular weight excluding hydrogens is 388 g/mol. The van der Waals surface area contributed by atoms with Gasteiger partial charge in [0.1, 0.15) is 25.5 Å². The van der Waals surface area contributed by atoms with Gasteiger partial charge in [0.15, 0.2) is 0 Å². The van der Waals surface area contributed by atoms with Crippen molar-refractivity contribution in [1.29, 1.82) is 0 Å². The number of rotatable bonds is 8. The number of ether oxygens (including phenoxy) is 2. The highest BCUT2D eigenvalue weighted by Gasteiger charge is 2.32. The Labute approximate surface area is 174 Å². The molecule has 158 valence electrons. The molecular formula is C22H24N2O6. The molecule has 0 unspecified atom stereocenters. The Morgan fingerprint density at radius 1 is 1.00 bits per heavy atom. The lowest BCUT2D eigenvalue weighted by atomic mass is 9.98. The van der Waals surface area contributed by atoms with Gasteiger partial charge in [-0.3, -0.25) is 4.79 Å². The van der Waals surface area contributed by atoms with E-state index in [4.69, 9.17) is 14.6 Å². The molecule has 1 aliphatic rings. The number of carbonyl (C=O) groups is 3. The SMILES string of the molecule is CC(C)(NC(=O)OCC1c2ccccc2-c2ccccc21)C(=O)NCOCC(=O)O. The van der Waals surface area contributed by atoms with E-state index in [-0.39, 0.29) is 19.3 Å². The topological polar surface area (TPSA) is 114 Å². The highest BCUT2D eigenvalue weighted by atomic mass is 16.5. The Bertz CT molecular complexity index is 911. The minimum atomic E-state index is -1.27. The summed E-state index contributed by atoms with van der Waals surface area (Å²) in [5, 5.41) is 13.5. The van der Waals surface area contributed by atoms with Gasteiger partial charge in [-0.2, -0.15) is 0 Å². The van der Waals surface area contributed by atoms with Crippen LogP contribution in [0.4, 0.5) is 4.79 Å². The van der Waals surface area contributed by atoms with Crippen LogP contribution in [0.1, 0.15) is 30.9 Å². The number of carboxylic acid groups (broad SMARTS) is 1. The van der Waals surface area contributed by atoms with Gasteiger partial charge in [0.05, 0.1) is 0 Å². The predicted octanol–water partition coefficient (Wildman–Crippen LogP) is 2.48. The smallest absolute Gasteiger partial charge is 0.408 e. The highest BCUT2D eigenvalue weighted by Crippen LogP contribution is 2.44. The van der Waals surface area contributed by atoms with Gasteiger partial charge in [0.2, 0.25) is 5.91 Å². The minimum Gasteiger partial charge on any atom is -0.480 e. The highest BCUT2D eigenvalue weighted by molar-refractivity contribution is 5.89. The molecule has 0 radical (unpaired) electrons. The fraction of sp³-hybridized carbons (Fsp3) is 0.318. The molecule has 3 rings (SSSR count). The first-order chi connectivity index (χ1) is 14.3. The monoisotopic (exact) mass is 412 g/mol. The lowest BCUT2D eigenvalue weighted by molar-refractivity contribution is -0.143. The van der Waals surface area contributed by atoms with Crippen LogP contribution in [0.15, 0.2) is 48.5 Å². The summed E-state index contributed by atoms with van der Waals surface area (Å²) in [6.07, 6.45) is -0.719. The fourth-order valence-electron chi connectivity index (χ4n) is 3.42. The first-order valence-corrected chi connectivity index (χ1v) is 9.50. The Morgan fingerprint density at radius 3 is 2.13 bits per heavy atom. The van der Waals surface area contributed by atoms with Crippen LogP contribution in [-0.4, -0.2) is 48.6 Å². The number of hydrogen-bond acceptors (Lipinski definition) is 5. The van der Waals surface area contributed by atoms with Gasteiger partial charge < -0.3 is 25.2 Å². The Hall–Kier alpha value is -3.39. The number of carbonyl (C=O) groups excluding carboxylic acids is 2. The molecule has 0 fully saturated rings. The second-order valence-electron chi connectivity index (χ2n) is 7.47. The van der Waals surface area contributed by atoms with Crippen LogP contribution in [0.2, 0.25) is 0 Å². The lowest BCUT2D eigenvalue weighted by Crippen LogP contribution is -2.55. The van der Waals surface area contributed by atoms with Gasteiger partial charge in [0.25, 0.3) is 0 Å². The zero-order chi connectivity index (χ0) is 21.7. The maximum atomic E-state index is 12.3. The number of fused-ring (bicyclic) bond motifs is 3. The zero-order valence-corrected chi connectivity index (χ0v) is 16.8. The summed E-state index contributed by atoms with van der Waals surface area (Å²) in [7, 11) is 0. The number of alkyl carbamates (subject to hydrolysis) is 1. The standard InChI is InChI=1S/C22H24N2O6/c1-22(2,20(27)23-13-29-12-19(25)26)24-21(28)30-11-18-16-9-5-3-7-14(16)15-8-4-6-10-17(15)18/h3-10,18H,11-13H2,1-2H3,(H,23,27)(H,24,28)(H,25,26). The summed E-state index contributed by atoms with van der Waals surface area (Å²) in [6, 6.07) is 16.0. The van der Waals surface area contributed by atoms with Crippen LogP contribution in [-0.2, 0) is 19.1 Å². The maximum Gasteiger partial charge on any atom is 0.408 e. The van der Waals surface area contributed by atoms with E-state index in [1.54, 1.807) is 0 Å². The number of benzene rings is 2. The fourth-order valence-corrected chi connectivity index (χ4v) is 3.42. The Balaban J connectivity index is 1.57. The number of carboxylic acids is 1. The zero-order valence-electron chi connectivity index (χ0n) is 16.8. The van der Waals surface area contributed by atoms with Crippen molar-refractivity contribution in [3.63, 3.8) is 0 Å². The summed E-state index contributed by atoms with van der Waals surface area (Å²) < 4.78 is 10.2. The average molecular weight is 412 g/mol. The van der Waals surface area contributed by atoms with E-state index in [1.807, 2.05) is 48.5 Å². The van der Waals surface area contributed by atoms with Crippen LogP contribution in [0.5, 0.6) is 0 Å². The van der Waals surface area contributed by atoms with Crippen molar-refractivity contribution >= 4 is 18.0 Å². The molecule has 0 aromatic heterocycles. The molecule has 0 saturated carbocycles. The van der Waals surface area contributed by atoms with E-state index in [9.17, 15) is 14.4 Å². The number of aliphatic carboxylic acids is 1. The van der Waals surface area contributed by atoms with Gasteiger partial charge >= 0.3 is 12.1 Å². The first-order valence-electron chi connectivity index (χ1n) is 9.50. The second kappa shape index (κ2) is 8.96. The van der Waals surface area contributed by atoms with E-state index >= 15 is 0 Å². The molecule has 0 heterocycles.